The Labute approximate surface area is 171 Å². The zero-order valence-corrected chi connectivity index (χ0v) is 17.5. The Morgan fingerprint density at radius 3 is 2.86 bits per heavy atom. The van der Waals surface area contributed by atoms with E-state index < -0.39 is 6.17 Å². The summed E-state index contributed by atoms with van der Waals surface area (Å²) in [6.07, 6.45) is 4.34. The fraction of sp³-hybridized carbons (Fsp3) is 0.895. The van der Waals surface area contributed by atoms with Gasteiger partial charge in [0, 0.05) is 36.4 Å². The van der Waals surface area contributed by atoms with Crippen molar-refractivity contribution < 1.29 is 13.9 Å². The maximum Gasteiger partial charge on any atom is 0.229 e. The van der Waals surface area contributed by atoms with Gasteiger partial charge < -0.3 is 10.1 Å². The molecule has 6 unspecified atom stereocenters. The van der Waals surface area contributed by atoms with E-state index in [4.69, 9.17) is 21.3 Å². The number of nitrogens with zero attached hydrogens (tertiary/aromatic N) is 1. The van der Waals surface area contributed by atoms with E-state index in [1.165, 1.54) is 0 Å². The molecule has 9 heteroatoms. The number of guanidine groups is 1. The van der Waals surface area contributed by atoms with Crippen LogP contribution in [0.3, 0.4) is 0 Å². The SMILES string of the molecule is COC[C@H](C)N/C(=N\C1NNC2CC(F)CCC21)NC(=O)C1CCCC(Cl)C1. The highest BCUT2D eigenvalue weighted by Crippen LogP contribution is 2.32. The second-order valence-corrected chi connectivity index (χ2v) is 8.96. The first-order valence-corrected chi connectivity index (χ1v) is 10.8. The van der Waals surface area contributed by atoms with E-state index in [1.54, 1.807) is 7.11 Å². The van der Waals surface area contributed by atoms with Crippen LogP contribution in [-0.4, -0.2) is 55.4 Å². The van der Waals surface area contributed by atoms with Crippen LogP contribution in [0, 0.1) is 11.8 Å². The molecule has 0 aromatic carbocycles. The number of aliphatic imine (C=N–C) groups is 1. The molecule has 1 aliphatic heterocycles. The molecule has 0 aromatic heterocycles. The third-order valence-electron chi connectivity index (χ3n) is 5.95. The van der Waals surface area contributed by atoms with E-state index >= 15 is 0 Å². The number of methoxy groups -OCH3 is 1. The number of fused-ring (bicyclic) bond motifs is 1. The maximum absolute atomic E-state index is 13.7. The van der Waals surface area contributed by atoms with Crippen LogP contribution in [0.5, 0.6) is 0 Å². The molecule has 2 aliphatic carbocycles. The number of rotatable bonds is 5. The van der Waals surface area contributed by atoms with Crippen LogP contribution in [0.15, 0.2) is 4.99 Å². The average Bonchev–Trinajstić information content (AvgIpc) is 3.03. The molecule has 0 radical (unpaired) electrons. The van der Waals surface area contributed by atoms with Crippen molar-refractivity contribution in [3.63, 3.8) is 0 Å². The minimum atomic E-state index is -0.757. The lowest BCUT2D eigenvalue weighted by molar-refractivity contribution is -0.124. The van der Waals surface area contributed by atoms with Crippen LogP contribution in [0.25, 0.3) is 0 Å². The first kappa shape index (κ1) is 21.7. The highest BCUT2D eigenvalue weighted by molar-refractivity contribution is 6.20. The van der Waals surface area contributed by atoms with Crippen molar-refractivity contribution in [1.29, 1.82) is 0 Å². The van der Waals surface area contributed by atoms with Crippen molar-refractivity contribution in [2.24, 2.45) is 16.8 Å². The quantitative estimate of drug-likeness (QED) is 0.311. The summed E-state index contributed by atoms with van der Waals surface area (Å²) in [6, 6.07) is 0.0594. The summed E-state index contributed by atoms with van der Waals surface area (Å²) in [5.74, 6) is 0.510. The molecule has 0 aromatic rings. The Bertz CT molecular complexity index is 566. The molecule has 7 atom stereocenters. The minimum Gasteiger partial charge on any atom is -0.383 e. The van der Waals surface area contributed by atoms with E-state index in [1.807, 2.05) is 6.92 Å². The molecule has 3 aliphatic rings. The topological polar surface area (TPSA) is 86.8 Å². The number of alkyl halides is 2. The summed E-state index contributed by atoms with van der Waals surface area (Å²) in [5.41, 5.74) is 6.33. The molecule has 7 nitrogen and oxygen atoms in total. The van der Waals surface area contributed by atoms with E-state index in [0.717, 1.165) is 25.7 Å². The van der Waals surface area contributed by atoms with E-state index in [2.05, 4.69) is 21.5 Å². The molecule has 28 heavy (non-hydrogen) atoms. The van der Waals surface area contributed by atoms with E-state index in [0.29, 0.717) is 31.8 Å². The summed E-state index contributed by atoms with van der Waals surface area (Å²) in [7, 11) is 1.64. The van der Waals surface area contributed by atoms with Gasteiger partial charge in [-0.15, -0.1) is 11.6 Å². The minimum absolute atomic E-state index is 0.0112. The van der Waals surface area contributed by atoms with Gasteiger partial charge in [-0.3, -0.25) is 15.5 Å². The van der Waals surface area contributed by atoms with Crippen molar-refractivity contribution in [2.45, 2.75) is 81.7 Å². The van der Waals surface area contributed by atoms with Crippen LogP contribution in [0.4, 0.5) is 4.39 Å². The lowest BCUT2D eigenvalue weighted by atomic mass is 9.83. The molecule has 0 spiro atoms. The molecule has 160 valence electrons. The van der Waals surface area contributed by atoms with Gasteiger partial charge in [0.05, 0.1) is 6.61 Å². The molecular weight excluding hydrogens is 385 g/mol. The van der Waals surface area contributed by atoms with Crippen molar-refractivity contribution in [3.05, 3.63) is 0 Å². The van der Waals surface area contributed by atoms with Gasteiger partial charge in [-0.1, -0.05) is 6.42 Å². The summed E-state index contributed by atoms with van der Waals surface area (Å²) in [4.78, 5) is 17.5. The van der Waals surface area contributed by atoms with Crippen LogP contribution in [0.2, 0.25) is 0 Å². The Hall–Kier alpha value is -0.960. The lowest BCUT2D eigenvalue weighted by Gasteiger charge is -2.29. The van der Waals surface area contributed by atoms with Crippen LogP contribution in [0.1, 0.15) is 51.9 Å². The number of hydrogen-bond donors (Lipinski definition) is 4. The average molecular weight is 418 g/mol. The number of ether oxygens (including phenoxy) is 1. The van der Waals surface area contributed by atoms with Gasteiger partial charge in [0.1, 0.15) is 12.3 Å². The number of hydrazine groups is 1. The highest BCUT2D eigenvalue weighted by atomic mass is 35.5. The summed E-state index contributed by atoms with van der Waals surface area (Å²) < 4.78 is 18.9. The van der Waals surface area contributed by atoms with Crippen LogP contribution >= 0.6 is 11.6 Å². The second-order valence-electron chi connectivity index (χ2n) is 8.34. The second kappa shape index (κ2) is 10.2. The Balaban J connectivity index is 1.67. The normalized spacial score (nSPS) is 37.2. The number of amides is 1. The number of nitrogens with one attached hydrogen (secondary N) is 4. The Morgan fingerprint density at radius 2 is 2.11 bits per heavy atom. The fourth-order valence-electron chi connectivity index (χ4n) is 4.47. The molecule has 3 rings (SSSR count). The van der Waals surface area contributed by atoms with Gasteiger partial charge in [-0.25, -0.2) is 14.8 Å². The van der Waals surface area contributed by atoms with Crippen LogP contribution in [-0.2, 0) is 9.53 Å². The summed E-state index contributed by atoms with van der Waals surface area (Å²) in [5, 5.41) is 6.28. The lowest BCUT2D eigenvalue weighted by Crippen LogP contribution is -2.50. The van der Waals surface area contributed by atoms with Gasteiger partial charge in [0.2, 0.25) is 5.91 Å². The molecular formula is C19H33ClFN5O2. The zero-order valence-electron chi connectivity index (χ0n) is 16.7. The molecule has 3 fully saturated rings. The fourth-order valence-corrected chi connectivity index (χ4v) is 4.84. The smallest absolute Gasteiger partial charge is 0.229 e. The summed E-state index contributed by atoms with van der Waals surface area (Å²) in [6.45, 7) is 2.46. The van der Waals surface area contributed by atoms with Crippen molar-refractivity contribution >= 4 is 23.5 Å². The van der Waals surface area contributed by atoms with Crippen molar-refractivity contribution in [2.75, 3.05) is 13.7 Å². The zero-order chi connectivity index (χ0) is 20.1. The number of halogens is 2. The van der Waals surface area contributed by atoms with Gasteiger partial charge in [0.25, 0.3) is 0 Å². The molecule has 1 heterocycles. The molecule has 2 saturated carbocycles. The first-order valence-electron chi connectivity index (χ1n) is 10.4. The van der Waals surface area contributed by atoms with E-state index in [9.17, 15) is 9.18 Å². The third-order valence-corrected chi connectivity index (χ3v) is 6.35. The van der Waals surface area contributed by atoms with Crippen LogP contribution < -0.4 is 21.5 Å². The molecule has 4 N–H and O–H groups in total. The Kier molecular flexibility index (Phi) is 7.91. The molecule has 1 amide bonds. The predicted molar refractivity (Wildman–Crippen MR) is 108 cm³/mol. The summed E-state index contributed by atoms with van der Waals surface area (Å²) >= 11 is 6.25. The van der Waals surface area contributed by atoms with Gasteiger partial charge in [-0.05, 0) is 45.4 Å². The number of carbonyl (C=O) groups is 1. The Morgan fingerprint density at radius 1 is 1.29 bits per heavy atom. The van der Waals surface area contributed by atoms with E-state index in [-0.39, 0.29) is 41.4 Å². The number of hydrogen-bond acceptors (Lipinski definition) is 5. The molecule has 1 saturated heterocycles. The highest BCUT2D eigenvalue weighted by Gasteiger charge is 2.40. The standard InChI is InChI=1S/C19H33ClFN5O2/c1-11(10-28-2)22-19(24-18(27)12-4-3-5-13(20)8-12)23-17-15-7-6-14(21)9-16(15)25-26-17/h11-17,25-26H,3-10H2,1-2H3,(H2,22,23,24,27)/t11-,12?,13?,14?,15?,16?,17?/m0/s1. The van der Waals surface area contributed by atoms with Crippen molar-refractivity contribution in [3.8, 4) is 0 Å². The third kappa shape index (κ3) is 5.78. The van der Waals surface area contributed by atoms with Gasteiger partial charge in [0.15, 0.2) is 5.96 Å². The van der Waals surface area contributed by atoms with Gasteiger partial charge >= 0.3 is 0 Å². The monoisotopic (exact) mass is 417 g/mol. The first-order chi connectivity index (χ1) is 13.5. The number of carbonyl (C=O) groups excluding carboxylic acids is 1. The van der Waals surface area contributed by atoms with Crippen molar-refractivity contribution in [1.82, 2.24) is 21.5 Å². The largest absolute Gasteiger partial charge is 0.383 e. The molecule has 0 bridgehead atoms. The predicted octanol–water partition coefficient (Wildman–Crippen LogP) is 1.82. The van der Waals surface area contributed by atoms with Gasteiger partial charge in [-0.2, -0.15) is 0 Å². The maximum atomic E-state index is 13.7.